The first-order chi connectivity index (χ1) is 12.2. The Bertz CT molecular complexity index is 690. The first-order valence-electron chi connectivity index (χ1n) is 9.17. The van der Waals surface area contributed by atoms with Gasteiger partial charge in [0.05, 0.1) is 13.5 Å². The molecule has 1 saturated carbocycles. The lowest BCUT2D eigenvalue weighted by Gasteiger charge is -2.38. The predicted molar refractivity (Wildman–Crippen MR) is 101 cm³/mol. The summed E-state index contributed by atoms with van der Waals surface area (Å²) in [5.41, 5.74) is 2.43. The number of carbonyl (C=O) groups excluding carboxylic acids is 1. The molecule has 0 heterocycles. The van der Waals surface area contributed by atoms with Gasteiger partial charge in [0, 0.05) is 12.0 Å². The van der Waals surface area contributed by atoms with E-state index in [1.807, 2.05) is 24.3 Å². The SMILES string of the molecule is COc1cccc(CC(=O)NCC2(c3ccccc3)CCCCC2)c1. The molecule has 1 amide bonds. The number of benzene rings is 2. The molecule has 1 aliphatic carbocycles. The molecule has 0 aromatic heterocycles. The fraction of sp³-hybridized carbons (Fsp3) is 0.409. The van der Waals surface area contributed by atoms with Crippen molar-refractivity contribution in [2.24, 2.45) is 0 Å². The van der Waals surface area contributed by atoms with Crippen LogP contribution in [0.25, 0.3) is 0 Å². The number of ether oxygens (including phenoxy) is 1. The highest BCUT2D eigenvalue weighted by molar-refractivity contribution is 5.78. The Labute approximate surface area is 150 Å². The van der Waals surface area contributed by atoms with Crippen molar-refractivity contribution in [1.29, 1.82) is 0 Å². The first-order valence-corrected chi connectivity index (χ1v) is 9.17. The molecule has 132 valence electrons. The van der Waals surface area contributed by atoms with Crippen LogP contribution in [-0.4, -0.2) is 19.6 Å². The quantitative estimate of drug-likeness (QED) is 0.855. The van der Waals surface area contributed by atoms with E-state index < -0.39 is 0 Å². The van der Waals surface area contributed by atoms with Crippen molar-refractivity contribution in [2.75, 3.05) is 13.7 Å². The second kappa shape index (κ2) is 8.19. The molecule has 3 nitrogen and oxygen atoms in total. The molecule has 0 saturated heterocycles. The van der Waals surface area contributed by atoms with E-state index in [0.29, 0.717) is 6.42 Å². The number of nitrogens with one attached hydrogen (secondary N) is 1. The molecule has 1 fully saturated rings. The summed E-state index contributed by atoms with van der Waals surface area (Å²) in [5, 5.41) is 3.20. The summed E-state index contributed by atoms with van der Waals surface area (Å²) in [5.74, 6) is 0.868. The van der Waals surface area contributed by atoms with E-state index in [9.17, 15) is 4.79 Å². The zero-order chi connectivity index (χ0) is 17.5. The molecule has 0 radical (unpaired) electrons. The van der Waals surface area contributed by atoms with Crippen LogP contribution in [0.4, 0.5) is 0 Å². The summed E-state index contributed by atoms with van der Waals surface area (Å²) in [6.45, 7) is 0.722. The molecular formula is C22H27NO2. The lowest BCUT2D eigenvalue weighted by molar-refractivity contribution is -0.120. The normalized spacial score (nSPS) is 16.2. The summed E-state index contributed by atoms with van der Waals surface area (Å²) >= 11 is 0. The van der Waals surface area contributed by atoms with Crippen LogP contribution in [0, 0.1) is 0 Å². The molecule has 2 aromatic carbocycles. The van der Waals surface area contributed by atoms with Crippen molar-refractivity contribution >= 4 is 5.91 Å². The van der Waals surface area contributed by atoms with Gasteiger partial charge in [0.15, 0.2) is 0 Å². The highest BCUT2D eigenvalue weighted by atomic mass is 16.5. The minimum absolute atomic E-state index is 0.0779. The van der Waals surface area contributed by atoms with Gasteiger partial charge in [-0.25, -0.2) is 0 Å². The van der Waals surface area contributed by atoms with Crippen molar-refractivity contribution < 1.29 is 9.53 Å². The van der Waals surface area contributed by atoms with Crippen LogP contribution in [0.5, 0.6) is 5.75 Å². The van der Waals surface area contributed by atoms with Crippen molar-refractivity contribution in [1.82, 2.24) is 5.32 Å². The minimum Gasteiger partial charge on any atom is -0.497 e. The van der Waals surface area contributed by atoms with Crippen LogP contribution in [0.1, 0.15) is 43.2 Å². The zero-order valence-electron chi connectivity index (χ0n) is 15.0. The number of hydrogen-bond acceptors (Lipinski definition) is 2. The van der Waals surface area contributed by atoms with Gasteiger partial charge in [-0.15, -0.1) is 0 Å². The predicted octanol–water partition coefficient (Wildman–Crippen LogP) is 4.26. The molecular weight excluding hydrogens is 310 g/mol. The molecule has 0 bridgehead atoms. The largest absolute Gasteiger partial charge is 0.497 e. The summed E-state index contributed by atoms with van der Waals surface area (Å²) < 4.78 is 5.23. The lowest BCUT2D eigenvalue weighted by Crippen LogP contribution is -2.42. The average Bonchev–Trinajstić information content (AvgIpc) is 2.68. The molecule has 1 aliphatic rings. The van der Waals surface area contributed by atoms with Gasteiger partial charge in [-0.2, -0.15) is 0 Å². The Hall–Kier alpha value is -2.29. The Balaban J connectivity index is 1.65. The van der Waals surface area contributed by atoms with E-state index in [2.05, 4.69) is 35.6 Å². The van der Waals surface area contributed by atoms with Crippen molar-refractivity contribution in [3.63, 3.8) is 0 Å². The topological polar surface area (TPSA) is 38.3 Å². The van der Waals surface area contributed by atoms with Crippen LogP contribution >= 0.6 is 0 Å². The van der Waals surface area contributed by atoms with Crippen molar-refractivity contribution in [3.05, 3.63) is 65.7 Å². The maximum absolute atomic E-state index is 12.5. The van der Waals surface area contributed by atoms with Crippen molar-refractivity contribution in [2.45, 2.75) is 43.9 Å². The van der Waals surface area contributed by atoms with Crippen molar-refractivity contribution in [3.8, 4) is 5.75 Å². The maximum Gasteiger partial charge on any atom is 0.224 e. The molecule has 0 unspecified atom stereocenters. The fourth-order valence-corrected chi connectivity index (χ4v) is 3.89. The second-order valence-corrected chi connectivity index (χ2v) is 7.01. The van der Waals surface area contributed by atoms with E-state index in [4.69, 9.17) is 4.74 Å². The van der Waals surface area contributed by atoms with Gasteiger partial charge >= 0.3 is 0 Å². The molecule has 0 atom stereocenters. The van der Waals surface area contributed by atoms with Crippen LogP contribution in [0.15, 0.2) is 54.6 Å². The van der Waals surface area contributed by atoms with Gasteiger partial charge in [-0.05, 0) is 36.1 Å². The first kappa shape index (κ1) is 17.5. The van der Waals surface area contributed by atoms with Crippen LogP contribution < -0.4 is 10.1 Å². The van der Waals surface area contributed by atoms with Gasteiger partial charge in [-0.1, -0.05) is 61.7 Å². The van der Waals surface area contributed by atoms with E-state index in [0.717, 1.165) is 30.7 Å². The highest BCUT2D eigenvalue weighted by Crippen LogP contribution is 2.38. The average molecular weight is 337 g/mol. The van der Waals surface area contributed by atoms with Gasteiger partial charge < -0.3 is 10.1 Å². The summed E-state index contributed by atoms with van der Waals surface area (Å²) in [4.78, 5) is 12.5. The molecule has 3 rings (SSSR count). The minimum atomic E-state index is 0.0779. The Morgan fingerprint density at radius 2 is 1.80 bits per heavy atom. The standard InChI is InChI=1S/C22H27NO2/c1-25-20-12-8-9-18(15-20)16-21(24)23-17-22(13-6-3-7-14-22)19-10-4-2-5-11-19/h2,4-5,8-12,15H,3,6-7,13-14,16-17H2,1H3,(H,23,24). The van der Waals surface area contributed by atoms with E-state index in [1.54, 1.807) is 7.11 Å². The Kier molecular flexibility index (Phi) is 5.75. The summed E-state index contributed by atoms with van der Waals surface area (Å²) in [6, 6.07) is 18.4. The Morgan fingerprint density at radius 3 is 2.52 bits per heavy atom. The highest BCUT2D eigenvalue weighted by Gasteiger charge is 2.34. The molecule has 25 heavy (non-hydrogen) atoms. The molecule has 3 heteroatoms. The molecule has 0 aliphatic heterocycles. The number of rotatable bonds is 6. The molecule has 0 spiro atoms. The third-order valence-corrected chi connectivity index (χ3v) is 5.32. The van der Waals surface area contributed by atoms with E-state index in [1.165, 1.54) is 24.8 Å². The fourth-order valence-electron chi connectivity index (χ4n) is 3.89. The number of carbonyl (C=O) groups is 1. The monoisotopic (exact) mass is 337 g/mol. The number of methoxy groups -OCH3 is 1. The van der Waals surface area contributed by atoms with Gasteiger partial charge in [0.2, 0.25) is 5.91 Å². The third-order valence-electron chi connectivity index (χ3n) is 5.32. The second-order valence-electron chi connectivity index (χ2n) is 7.01. The third kappa shape index (κ3) is 4.41. The number of hydrogen-bond donors (Lipinski definition) is 1. The summed E-state index contributed by atoms with van der Waals surface area (Å²) in [6.07, 6.45) is 6.46. The van der Waals surface area contributed by atoms with Gasteiger partial charge in [0.25, 0.3) is 0 Å². The van der Waals surface area contributed by atoms with E-state index in [-0.39, 0.29) is 11.3 Å². The lowest BCUT2D eigenvalue weighted by atomic mass is 9.69. The van der Waals surface area contributed by atoms with Gasteiger partial charge in [-0.3, -0.25) is 4.79 Å². The Morgan fingerprint density at radius 1 is 1.04 bits per heavy atom. The summed E-state index contributed by atoms with van der Waals surface area (Å²) in [7, 11) is 1.64. The van der Waals surface area contributed by atoms with E-state index >= 15 is 0 Å². The maximum atomic E-state index is 12.5. The van der Waals surface area contributed by atoms with Gasteiger partial charge in [0.1, 0.15) is 5.75 Å². The smallest absolute Gasteiger partial charge is 0.224 e. The van der Waals surface area contributed by atoms with Crippen LogP contribution in [0.3, 0.4) is 0 Å². The zero-order valence-corrected chi connectivity index (χ0v) is 15.0. The van der Waals surface area contributed by atoms with Crippen LogP contribution in [-0.2, 0) is 16.6 Å². The molecule has 2 aromatic rings. The van der Waals surface area contributed by atoms with Crippen LogP contribution in [0.2, 0.25) is 0 Å². The molecule has 1 N–H and O–H groups in total. The number of amides is 1.